The molecule has 0 saturated carbocycles. The van der Waals surface area contributed by atoms with Crippen molar-refractivity contribution in [2.24, 2.45) is 0 Å². The number of hydrogen-bond acceptors (Lipinski definition) is 5. The van der Waals surface area contributed by atoms with Crippen LogP contribution in [-0.4, -0.2) is 19.5 Å². The molecule has 0 aliphatic carbocycles. The van der Waals surface area contributed by atoms with Gasteiger partial charge in [-0.2, -0.15) is 9.61 Å². The molecule has 2 heterocycles. The summed E-state index contributed by atoms with van der Waals surface area (Å²) in [6.07, 6.45) is 2.44. The molecule has 0 saturated heterocycles. The molecule has 1 aromatic carbocycles. The largest absolute Gasteiger partial charge is 0.366 e. The number of nitrogens with zero attached hydrogens (tertiary/aromatic N) is 4. The second-order valence-electron chi connectivity index (χ2n) is 5.11. The third-order valence-electron chi connectivity index (χ3n) is 3.59. The fraction of sp³-hybridized carbons (Fsp3) is 0.200. The Hall–Kier alpha value is -2.74. The van der Waals surface area contributed by atoms with Gasteiger partial charge in [0.2, 0.25) is 0 Å². The summed E-state index contributed by atoms with van der Waals surface area (Å²) in [5.41, 5.74) is 1.56. The zero-order chi connectivity index (χ0) is 17.3. The van der Waals surface area contributed by atoms with Crippen LogP contribution in [0.1, 0.15) is 18.1 Å². The van der Waals surface area contributed by atoms with Crippen molar-refractivity contribution in [3.05, 3.63) is 62.7 Å². The number of benzene rings is 1. The average molecular weight is 350 g/mol. The minimum atomic E-state index is -0.564. The first-order valence-corrected chi connectivity index (χ1v) is 7.57. The van der Waals surface area contributed by atoms with Gasteiger partial charge in [0.15, 0.2) is 5.65 Å². The quantitative estimate of drug-likeness (QED) is 0.432. The highest BCUT2D eigenvalue weighted by Gasteiger charge is 2.13. The number of anilines is 1. The molecule has 0 atom stereocenters. The second-order valence-corrected chi connectivity index (χ2v) is 5.50. The molecule has 24 heavy (non-hydrogen) atoms. The van der Waals surface area contributed by atoms with E-state index < -0.39 is 10.7 Å². The number of rotatable bonds is 5. The number of nitro benzene ring substituents is 1. The average Bonchev–Trinajstić information content (AvgIpc) is 2.96. The van der Waals surface area contributed by atoms with E-state index in [9.17, 15) is 14.5 Å². The Morgan fingerprint density at radius 1 is 1.38 bits per heavy atom. The van der Waals surface area contributed by atoms with Crippen LogP contribution in [0.4, 0.5) is 15.9 Å². The van der Waals surface area contributed by atoms with E-state index in [1.807, 2.05) is 6.92 Å². The van der Waals surface area contributed by atoms with E-state index in [1.54, 1.807) is 16.8 Å². The molecule has 0 spiro atoms. The molecule has 1 N–H and O–H groups in total. The SMILES string of the molecule is CCc1cnn2c(NCc3cc([N+](=O)[O-])ccc3F)cc(Cl)nc12. The topological polar surface area (TPSA) is 85.4 Å². The zero-order valence-electron chi connectivity index (χ0n) is 12.7. The zero-order valence-corrected chi connectivity index (χ0v) is 13.4. The van der Waals surface area contributed by atoms with Crippen molar-refractivity contribution < 1.29 is 9.31 Å². The van der Waals surface area contributed by atoms with E-state index in [1.165, 1.54) is 6.07 Å². The van der Waals surface area contributed by atoms with Gasteiger partial charge in [-0.15, -0.1) is 0 Å². The van der Waals surface area contributed by atoms with Crippen LogP contribution >= 0.6 is 11.6 Å². The van der Waals surface area contributed by atoms with Crippen LogP contribution in [0, 0.1) is 15.9 Å². The molecule has 0 amide bonds. The van der Waals surface area contributed by atoms with Crippen LogP contribution in [-0.2, 0) is 13.0 Å². The number of aromatic nitrogens is 3. The lowest BCUT2D eigenvalue weighted by Gasteiger charge is -2.10. The van der Waals surface area contributed by atoms with Gasteiger partial charge in [-0.3, -0.25) is 10.1 Å². The Balaban J connectivity index is 1.92. The molecule has 0 bridgehead atoms. The first-order chi connectivity index (χ1) is 11.5. The monoisotopic (exact) mass is 349 g/mol. The molecule has 2 aromatic heterocycles. The third kappa shape index (κ3) is 3.00. The predicted octanol–water partition coefficient (Wildman–Crippen LogP) is 3.60. The Morgan fingerprint density at radius 2 is 2.17 bits per heavy atom. The normalized spacial score (nSPS) is 11.0. The molecule has 0 fully saturated rings. The predicted molar refractivity (Wildman–Crippen MR) is 87.8 cm³/mol. The summed E-state index contributed by atoms with van der Waals surface area (Å²) >= 11 is 6.03. The second kappa shape index (κ2) is 6.40. The first-order valence-electron chi connectivity index (χ1n) is 7.19. The Labute approximate surface area is 141 Å². The van der Waals surface area contributed by atoms with Gasteiger partial charge in [-0.05, 0) is 12.5 Å². The van der Waals surface area contributed by atoms with Crippen LogP contribution < -0.4 is 5.32 Å². The van der Waals surface area contributed by atoms with Crippen molar-refractivity contribution in [2.45, 2.75) is 19.9 Å². The number of hydrogen-bond donors (Lipinski definition) is 1. The van der Waals surface area contributed by atoms with E-state index in [0.29, 0.717) is 11.5 Å². The molecule has 3 rings (SSSR count). The maximum absolute atomic E-state index is 13.9. The third-order valence-corrected chi connectivity index (χ3v) is 3.79. The highest BCUT2D eigenvalue weighted by Crippen LogP contribution is 2.22. The summed E-state index contributed by atoms with van der Waals surface area (Å²) in [6.45, 7) is 2.02. The van der Waals surface area contributed by atoms with Gasteiger partial charge in [0, 0.05) is 35.9 Å². The standard InChI is InChI=1S/C15H13ClFN5O2/c1-2-9-8-19-21-14(6-13(16)20-15(9)21)18-7-10-5-11(22(23)24)3-4-12(10)17/h3-6,8,18H,2,7H2,1H3. The Morgan fingerprint density at radius 3 is 2.88 bits per heavy atom. The highest BCUT2D eigenvalue weighted by molar-refractivity contribution is 6.29. The van der Waals surface area contributed by atoms with Crippen molar-refractivity contribution in [1.82, 2.24) is 14.6 Å². The van der Waals surface area contributed by atoms with Crippen molar-refractivity contribution in [2.75, 3.05) is 5.32 Å². The van der Waals surface area contributed by atoms with Crippen LogP contribution in [0.3, 0.4) is 0 Å². The fourth-order valence-corrected chi connectivity index (χ4v) is 2.53. The molecule has 9 heteroatoms. The van der Waals surface area contributed by atoms with Crippen LogP contribution in [0.15, 0.2) is 30.5 Å². The summed E-state index contributed by atoms with van der Waals surface area (Å²) in [4.78, 5) is 14.5. The molecular weight excluding hydrogens is 337 g/mol. The molecule has 0 aliphatic rings. The molecule has 0 aliphatic heterocycles. The number of nitrogens with one attached hydrogen (secondary N) is 1. The summed E-state index contributed by atoms with van der Waals surface area (Å²) in [5.74, 6) is -0.00480. The Bertz CT molecular complexity index is 928. The van der Waals surface area contributed by atoms with Crippen molar-refractivity contribution in [1.29, 1.82) is 0 Å². The lowest BCUT2D eigenvalue weighted by molar-refractivity contribution is -0.385. The van der Waals surface area contributed by atoms with E-state index in [0.717, 1.165) is 24.1 Å². The van der Waals surface area contributed by atoms with Crippen LogP contribution in [0.25, 0.3) is 5.65 Å². The molecular formula is C15H13ClFN5O2. The van der Waals surface area contributed by atoms with Gasteiger partial charge in [-0.1, -0.05) is 18.5 Å². The Kier molecular flexibility index (Phi) is 4.30. The number of non-ortho nitro benzene ring substituents is 1. The summed E-state index contributed by atoms with van der Waals surface area (Å²) in [5, 5.41) is 18.3. The van der Waals surface area contributed by atoms with Gasteiger partial charge in [0.25, 0.3) is 5.69 Å². The summed E-state index contributed by atoms with van der Waals surface area (Å²) in [7, 11) is 0. The van der Waals surface area contributed by atoms with E-state index >= 15 is 0 Å². The van der Waals surface area contributed by atoms with Gasteiger partial charge < -0.3 is 5.32 Å². The maximum atomic E-state index is 13.9. The van der Waals surface area contributed by atoms with Crippen molar-refractivity contribution >= 4 is 28.8 Å². The fourth-order valence-electron chi connectivity index (χ4n) is 2.35. The molecule has 0 radical (unpaired) electrons. The van der Waals surface area contributed by atoms with Crippen LogP contribution in [0.2, 0.25) is 5.15 Å². The van der Waals surface area contributed by atoms with Gasteiger partial charge in [0.1, 0.15) is 16.8 Å². The number of halogens is 2. The lowest BCUT2D eigenvalue weighted by Crippen LogP contribution is -2.08. The molecule has 124 valence electrons. The van der Waals surface area contributed by atoms with Gasteiger partial charge in [0.05, 0.1) is 11.1 Å². The first kappa shape index (κ1) is 16.1. The maximum Gasteiger partial charge on any atom is 0.269 e. The number of aryl methyl sites for hydroxylation is 1. The van der Waals surface area contributed by atoms with E-state index in [4.69, 9.17) is 11.6 Å². The highest BCUT2D eigenvalue weighted by atomic mass is 35.5. The minimum absolute atomic E-state index is 0.0459. The molecule has 0 unspecified atom stereocenters. The summed E-state index contributed by atoms with van der Waals surface area (Å²) in [6, 6.07) is 4.97. The number of nitro groups is 1. The van der Waals surface area contributed by atoms with E-state index in [2.05, 4.69) is 15.4 Å². The smallest absolute Gasteiger partial charge is 0.269 e. The van der Waals surface area contributed by atoms with Crippen LogP contribution in [0.5, 0.6) is 0 Å². The molecule has 7 nitrogen and oxygen atoms in total. The van der Waals surface area contributed by atoms with Crippen molar-refractivity contribution in [3.8, 4) is 0 Å². The van der Waals surface area contributed by atoms with E-state index in [-0.39, 0.29) is 22.9 Å². The van der Waals surface area contributed by atoms with Crippen molar-refractivity contribution in [3.63, 3.8) is 0 Å². The molecule has 3 aromatic rings. The lowest BCUT2D eigenvalue weighted by atomic mass is 10.2. The van der Waals surface area contributed by atoms with Gasteiger partial charge >= 0.3 is 0 Å². The van der Waals surface area contributed by atoms with Gasteiger partial charge in [-0.25, -0.2) is 9.37 Å². The minimum Gasteiger partial charge on any atom is -0.366 e. The summed E-state index contributed by atoms with van der Waals surface area (Å²) < 4.78 is 15.4. The number of fused-ring (bicyclic) bond motifs is 1.